The third kappa shape index (κ3) is 4.70. The molecule has 0 aromatic heterocycles. The van der Waals surface area contributed by atoms with Crippen molar-refractivity contribution in [1.82, 2.24) is 0 Å². The average molecular weight is 199 g/mol. The molecule has 0 N–H and O–H groups in total. The molecule has 0 atom stereocenters. The molecule has 1 radical (unpaired) electrons. The molecule has 0 unspecified atom stereocenters. The molecular weight excluding hydrogens is 196 g/mol. The summed E-state index contributed by atoms with van der Waals surface area (Å²) < 4.78 is 0.859. The predicted molar refractivity (Wildman–Crippen MR) is 31.3 cm³/mol. The van der Waals surface area contributed by atoms with E-state index in [0.717, 1.165) is 4.48 Å². The van der Waals surface area contributed by atoms with Crippen LogP contribution in [-0.2, 0) is 0 Å². The van der Waals surface area contributed by atoms with Crippen LogP contribution in [0.5, 0.6) is 0 Å². The molecule has 0 amide bonds. The van der Waals surface area contributed by atoms with Gasteiger partial charge in [-0.1, -0.05) is 31.9 Å². The van der Waals surface area contributed by atoms with E-state index in [2.05, 4.69) is 38.8 Å². The number of hydrogen-bond acceptors (Lipinski definition) is 0. The van der Waals surface area contributed by atoms with Crippen molar-refractivity contribution in [1.29, 1.82) is 0 Å². The summed E-state index contributed by atoms with van der Waals surface area (Å²) in [7, 11) is 0. The molecule has 5 heavy (non-hydrogen) atoms. The lowest BCUT2D eigenvalue weighted by Crippen LogP contribution is -1.41. The highest BCUT2D eigenvalue weighted by Gasteiger charge is 1.65. The van der Waals surface area contributed by atoms with Crippen LogP contribution in [0.15, 0.2) is 9.47 Å². The van der Waals surface area contributed by atoms with Crippen LogP contribution < -0.4 is 0 Å². The first-order valence-corrected chi connectivity index (χ1v) is 2.76. The molecule has 0 aliphatic rings. The minimum Gasteiger partial charge on any atom is -0.0586 e. The van der Waals surface area contributed by atoms with Gasteiger partial charge >= 0.3 is 0 Å². The van der Waals surface area contributed by atoms with Gasteiger partial charge in [-0.25, -0.2) is 0 Å². The Bertz CT molecular complexity index is 42.9. The van der Waals surface area contributed by atoms with E-state index in [9.17, 15) is 0 Å². The monoisotopic (exact) mass is 197 g/mol. The SMILES string of the molecule is [CH2]/C(Br)=C/Br. The minimum atomic E-state index is 0.859. The fraction of sp³-hybridized carbons (Fsp3) is 0. The van der Waals surface area contributed by atoms with Crippen LogP contribution in [0.3, 0.4) is 0 Å². The maximum absolute atomic E-state index is 3.49. The van der Waals surface area contributed by atoms with Crippen molar-refractivity contribution in [2.24, 2.45) is 0 Å². The Balaban J connectivity index is 3.14. The quantitative estimate of drug-likeness (QED) is 0.561. The van der Waals surface area contributed by atoms with Crippen molar-refractivity contribution >= 4 is 31.9 Å². The van der Waals surface area contributed by atoms with Gasteiger partial charge in [-0.2, -0.15) is 0 Å². The van der Waals surface area contributed by atoms with Crippen LogP contribution in [0.25, 0.3) is 0 Å². The molecule has 0 fully saturated rings. The van der Waals surface area contributed by atoms with Crippen molar-refractivity contribution in [3.8, 4) is 0 Å². The van der Waals surface area contributed by atoms with E-state index in [-0.39, 0.29) is 0 Å². The Hall–Kier alpha value is 0.700. The zero-order chi connectivity index (χ0) is 4.28. The topological polar surface area (TPSA) is 0 Å². The third-order valence-electron chi connectivity index (χ3n) is 0.118. The molecule has 0 saturated heterocycles. The summed E-state index contributed by atoms with van der Waals surface area (Å²) in [5, 5.41) is 0. The molecule has 29 valence electrons. The lowest BCUT2D eigenvalue weighted by molar-refractivity contribution is 2.10. The highest BCUT2D eigenvalue weighted by molar-refractivity contribution is 9.14. The third-order valence-corrected chi connectivity index (χ3v) is 1.51. The molecule has 0 rings (SSSR count). The van der Waals surface area contributed by atoms with Gasteiger partial charge in [0, 0.05) is 4.48 Å². The van der Waals surface area contributed by atoms with Gasteiger partial charge in [0.05, 0.1) is 0 Å². The Morgan fingerprint density at radius 3 is 2.00 bits per heavy atom. The standard InChI is InChI=1S/C3H3Br2/c1-3(5)2-4/h2H,1H2/b3-2-. The summed E-state index contributed by atoms with van der Waals surface area (Å²) >= 11 is 6.12. The maximum Gasteiger partial charge on any atom is 0.00232 e. The zero-order valence-electron chi connectivity index (χ0n) is 2.54. The predicted octanol–water partition coefficient (Wildman–Crippen LogP) is 2.45. The van der Waals surface area contributed by atoms with Gasteiger partial charge in [0.15, 0.2) is 0 Å². The van der Waals surface area contributed by atoms with Gasteiger partial charge in [0.2, 0.25) is 0 Å². The van der Waals surface area contributed by atoms with Crippen LogP contribution in [0.2, 0.25) is 0 Å². The second kappa shape index (κ2) is 2.91. The smallest absolute Gasteiger partial charge is 0.00232 e. The molecule has 0 aliphatic heterocycles. The number of allylic oxidation sites excluding steroid dienone is 1. The van der Waals surface area contributed by atoms with E-state index < -0.39 is 0 Å². The number of rotatable bonds is 0. The Morgan fingerprint density at radius 1 is 1.80 bits per heavy atom. The molecule has 0 aromatic carbocycles. The summed E-state index contributed by atoms with van der Waals surface area (Å²) in [5.74, 6) is 0. The molecule has 0 nitrogen and oxygen atoms in total. The fourth-order valence-corrected chi connectivity index (χ4v) is 0. The fourth-order valence-electron chi connectivity index (χ4n) is 0. The highest BCUT2D eigenvalue weighted by atomic mass is 79.9. The highest BCUT2D eigenvalue weighted by Crippen LogP contribution is 2.02. The van der Waals surface area contributed by atoms with Gasteiger partial charge in [0.1, 0.15) is 0 Å². The van der Waals surface area contributed by atoms with Crippen LogP contribution in [-0.4, -0.2) is 0 Å². The first kappa shape index (κ1) is 5.70. The van der Waals surface area contributed by atoms with E-state index in [1.807, 2.05) is 0 Å². The van der Waals surface area contributed by atoms with Crippen LogP contribution in [0, 0.1) is 6.92 Å². The maximum atomic E-state index is 3.49. The van der Waals surface area contributed by atoms with Gasteiger partial charge in [-0.3, -0.25) is 0 Å². The molecule has 0 aromatic rings. The first-order valence-electron chi connectivity index (χ1n) is 1.05. The number of halogens is 2. The van der Waals surface area contributed by atoms with Crippen LogP contribution >= 0.6 is 31.9 Å². The summed E-state index contributed by atoms with van der Waals surface area (Å²) in [6.45, 7) is 3.49. The van der Waals surface area contributed by atoms with Gasteiger partial charge < -0.3 is 0 Å². The van der Waals surface area contributed by atoms with E-state index in [0.29, 0.717) is 0 Å². The Kier molecular flexibility index (Phi) is 3.32. The Labute approximate surface area is 48.5 Å². The summed E-state index contributed by atoms with van der Waals surface area (Å²) in [5.41, 5.74) is 0. The second-order valence-electron chi connectivity index (χ2n) is 0.556. The molecular formula is C3H3Br2. The second-order valence-corrected chi connectivity index (χ2v) is 2.03. The summed E-state index contributed by atoms with van der Waals surface area (Å²) in [6, 6.07) is 0. The molecule has 0 aliphatic carbocycles. The van der Waals surface area contributed by atoms with Crippen LogP contribution in [0.1, 0.15) is 0 Å². The number of hydrogen-bond donors (Lipinski definition) is 0. The van der Waals surface area contributed by atoms with Crippen molar-refractivity contribution < 1.29 is 0 Å². The van der Waals surface area contributed by atoms with Crippen LogP contribution in [0.4, 0.5) is 0 Å². The average Bonchev–Trinajstić information content (AvgIpc) is 1.38. The minimum absolute atomic E-state index is 0.859. The first-order chi connectivity index (χ1) is 2.27. The van der Waals surface area contributed by atoms with E-state index >= 15 is 0 Å². The van der Waals surface area contributed by atoms with Crippen molar-refractivity contribution in [3.63, 3.8) is 0 Å². The van der Waals surface area contributed by atoms with Crippen molar-refractivity contribution in [2.45, 2.75) is 0 Å². The lowest BCUT2D eigenvalue weighted by atomic mass is 10.8. The molecule has 0 heterocycles. The zero-order valence-corrected chi connectivity index (χ0v) is 5.71. The summed E-state index contributed by atoms with van der Waals surface area (Å²) in [4.78, 5) is 1.70. The van der Waals surface area contributed by atoms with E-state index in [1.54, 1.807) is 4.99 Å². The van der Waals surface area contributed by atoms with Gasteiger partial charge in [-0.15, -0.1) is 0 Å². The lowest BCUT2D eigenvalue weighted by Gasteiger charge is -1.68. The normalized spacial score (nSPS) is 12.2. The van der Waals surface area contributed by atoms with E-state index in [1.165, 1.54) is 0 Å². The van der Waals surface area contributed by atoms with Crippen molar-refractivity contribution in [2.75, 3.05) is 0 Å². The van der Waals surface area contributed by atoms with Crippen molar-refractivity contribution in [3.05, 3.63) is 16.4 Å². The summed E-state index contributed by atoms with van der Waals surface area (Å²) in [6.07, 6.45) is 0. The molecule has 0 bridgehead atoms. The molecule has 0 spiro atoms. The largest absolute Gasteiger partial charge is 0.0586 e. The van der Waals surface area contributed by atoms with Gasteiger partial charge in [-0.05, 0) is 11.9 Å². The molecule has 0 saturated carbocycles. The molecule has 2 heteroatoms. The Morgan fingerprint density at radius 2 is 2.00 bits per heavy atom. The van der Waals surface area contributed by atoms with E-state index in [4.69, 9.17) is 0 Å². The van der Waals surface area contributed by atoms with Gasteiger partial charge in [0.25, 0.3) is 0 Å².